The van der Waals surface area contributed by atoms with E-state index in [1.54, 1.807) is 6.07 Å². The molecule has 5 nitrogen and oxygen atoms in total. The molecule has 1 aliphatic rings. The van der Waals surface area contributed by atoms with Gasteiger partial charge in [-0.1, -0.05) is 6.07 Å². The third-order valence-electron chi connectivity index (χ3n) is 2.86. The number of hydrogen-bond acceptors (Lipinski definition) is 4. The number of amides is 2. The van der Waals surface area contributed by atoms with Crippen LogP contribution in [0.15, 0.2) is 17.5 Å². The average Bonchev–Trinajstić information content (AvgIpc) is 2.80. The minimum absolute atomic E-state index is 0.0848. The Labute approximate surface area is 109 Å². The summed E-state index contributed by atoms with van der Waals surface area (Å²) in [6.07, 6.45) is 1.26. The van der Waals surface area contributed by atoms with Gasteiger partial charge in [-0.05, 0) is 24.3 Å². The van der Waals surface area contributed by atoms with E-state index in [1.807, 2.05) is 11.4 Å². The fourth-order valence-electron chi connectivity index (χ4n) is 1.79. The lowest BCUT2D eigenvalue weighted by molar-refractivity contribution is -0.123. The molecule has 0 spiro atoms. The van der Waals surface area contributed by atoms with Gasteiger partial charge in [-0.25, -0.2) is 0 Å². The van der Waals surface area contributed by atoms with Gasteiger partial charge in [0.05, 0.1) is 11.0 Å². The fraction of sp³-hybridized carbons (Fsp3) is 0.500. The average molecular weight is 268 g/mol. The van der Waals surface area contributed by atoms with Crippen molar-refractivity contribution < 1.29 is 14.7 Å². The highest BCUT2D eigenvalue weighted by Crippen LogP contribution is 2.19. The Morgan fingerprint density at radius 1 is 1.44 bits per heavy atom. The van der Waals surface area contributed by atoms with Gasteiger partial charge in [0.15, 0.2) is 0 Å². The molecule has 0 unspecified atom stereocenters. The zero-order valence-corrected chi connectivity index (χ0v) is 10.7. The summed E-state index contributed by atoms with van der Waals surface area (Å²) in [6, 6.07) is 3.66. The van der Waals surface area contributed by atoms with Crippen LogP contribution in [0, 0.1) is 0 Å². The molecule has 0 saturated heterocycles. The monoisotopic (exact) mass is 268 g/mol. The SMILES string of the molecule is O=C(CCNC(=O)c1cccs1)NC1CC(O)C1. The van der Waals surface area contributed by atoms with E-state index >= 15 is 0 Å². The molecule has 1 heterocycles. The Bertz CT molecular complexity index is 413. The molecule has 1 aromatic heterocycles. The Hall–Kier alpha value is -1.40. The van der Waals surface area contributed by atoms with Crippen molar-refractivity contribution in [3.63, 3.8) is 0 Å². The minimum atomic E-state index is -0.270. The molecule has 1 aromatic rings. The van der Waals surface area contributed by atoms with Crippen LogP contribution in [0.1, 0.15) is 28.9 Å². The summed E-state index contributed by atoms with van der Waals surface area (Å²) >= 11 is 1.37. The first kappa shape index (κ1) is 13.0. The summed E-state index contributed by atoms with van der Waals surface area (Å²) in [5.74, 6) is -0.227. The molecular formula is C12H16N2O3S. The third kappa shape index (κ3) is 3.54. The van der Waals surface area contributed by atoms with E-state index in [0.29, 0.717) is 24.3 Å². The van der Waals surface area contributed by atoms with Crippen LogP contribution in [-0.4, -0.2) is 35.6 Å². The van der Waals surface area contributed by atoms with Gasteiger partial charge in [-0.2, -0.15) is 0 Å². The summed E-state index contributed by atoms with van der Waals surface area (Å²) in [5.41, 5.74) is 0. The Morgan fingerprint density at radius 3 is 2.83 bits per heavy atom. The van der Waals surface area contributed by atoms with Crippen molar-refractivity contribution >= 4 is 23.2 Å². The second-order valence-corrected chi connectivity index (χ2v) is 5.32. The Balaban J connectivity index is 1.60. The van der Waals surface area contributed by atoms with E-state index in [2.05, 4.69) is 10.6 Å². The molecule has 1 saturated carbocycles. The Kier molecular flexibility index (Phi) is 4.33. The van der Waals surface area contributed by atoms with Gasteiger partial charge in [-0.3, -0.25) is 9.59 Å². The molecule has 3 N–H and O–H groups in total. The maximum Gasteiger partial charge on any atom is 0.261 e. The highest BCUT2D eigenvalue weighted by molar-refractivity contribution is 7.12. The largest absolute Gasteiger partial charge is 0.393 e. The molecule has 98 valence electrons. The van der Waals surface area contributed by atoms with Crippen LogP contribution in [0.3, 0.4) is 0 Å². The van der Waals surface area contributed by atoms with Crippen molar-refractivity contribution in [2.75, 3.05) is 6.54 Å². The smallest absolute Gasteiger partial charge is 0.261 e. The van der Waals surface area contributed by atoms with Crippen LogP contribution in [0.25, 0.3) is 0 Å². The van der Waals surface area contributed by atoms with Crippen molar-refractivity contribution in [2.24, 2.45) is 0 Å². The van der Waals surface area contributed by atoms with E-state index in [4.69, 9.17) is 5.11 Å². The van der Waals surface area contributed by atoms with E-state index < -0.39 is 0 Å². The van der Waals surface area contributed by atoms with Gasteiger partial charge in [0.1, 0.15) is 0 Å². The quantitative estimate of drug-likeness (QED) is 0.728. The molecule has 1 aliphatic carbocycles. The zero-order chi connectivity index (χ0) is 13.0. The lowest BCUT2D eigenvalue weighted by Crippen LogP contribution is -2.47. The molecule has 18 heavy (non-hydrogen) atoms. The highest BCUT2D eigenvalue weighted by atomic mass is 32.1. The van der Waals surface area contributed by atoms with Crippen LogP contribution < -0.4 is 10.6 Å². The normalized spacial score (nSPS) is 22.1. The number of aliphatic hydroxyl groups excluding tert-OH is 1. The summed E-state index contributed by atoms with van der Waals surface area (Å²) in [4.78, 5) is 23.7. The van der Waals surface area contributed by atoms with Crippen LogP contribution in [0.5, 0.6) is 0 Å². The second kappa shape index (κ2) is 5.97. The number of carbonyl (C=O) groups excluding carboxylic acids is 2. The second-order valence-electron chi connectivity index (χ2n) is 4.37. The summed E-state index contributed by atoms with van der Waals surface area (Å²) in [6.45, 7) is 0.331. The molecular weight excluding hydrogens is 252 g/mol. The third-order valence-corrected chi connectivity index (χ3v) is 3.73. The van der Waals surface area contributed by atoms with Gasteiger partial charge < -0.3 is 15.7 Å². The maximum absolute atomic E-state index is 11.6. The first-order valence-corrected chi connectivity index (χ1v) is 6.82. The van der Waals surface area contributed by atoms with Gasteiger partial charge >= 0.3 is 0 Å². The molecule has 1 fully saturated rings. The molecule has 0 aliphatic heterocycles. The lowest BCUT2D eigenvalue weighted by atomic mass is 9.89. The summed E-state index contributed by atoms with van der Waals surface area (Å²) in [7, 11) is 0. The maximum atomic E-state index is 11.6. The topological polar surface area (TPSA) is 78.4 Å². The molecule has 0 bridgehead atoms. The summed E-state index contributed by atoms with van der Waals surface area (Å²) in [5, 5.41) is 16.4. The Morgan fingerprint density at radius 2 is 2.22 bits per heavy atom. The van der Waals surface area contributed by atoms with Gasteiger partial charge in [0, 0.05) is 19.0 Å². The van der Waals surface area contributed by atoms with Crippen molar-refractivity contribution in [1.29, 1.82) is 0 Å². The lowest BCUT2D eigenvalue weighted by Gasteiger charge is -2.31. The predicted molar refractivity (Wildman–Crippen MR) is 68.4 cm³/mol. The number of rotatable bonds is 5. The van der Waals surface area contributed by atoms with E-state index in [9.17, 15) is 9.59 Å². The number of hydrogen-bond donors (Lipinski definition) is 3. The van der Waals surface area contributed by atoms with Crippen molar-refractivity contribution in [1.82, 2.24) is 10.6 Å². The highest BCUT2D eigenvalue weighted by Gasteiger charge is 2.28. The van der Waals surface area contributed by atoms with Crippen LogP contribution >= 0.6 is 11.3 Å². The molecule has 0 radical (unpaired) electrons. The minimum Gasteiger partial charge on any atom is -0.393 e. The van der Waals surface area contributed by atoms with Crippen molar-refractivity contribution in [3.05, 3.63) is 22.4 Å². The van der Waals surface area contributed by atoms with Crippen molar-refractivity contribution in [2.45, 2.75) is 31.4 Å². The number of nitrogens with one attached hydrogen (secondary N) is 2. The van der Waals surface area contributed by atoms with Crippen LogP contribution in [0.2, 0.25) is 0 Å². The van der Waals surface area contributed by atoms with Gasteiger partial charge in [-0.15, -0.1) is 11.3 Å². The molecule has 0 aromatic carbocycles. The summed E-state index contributed by atoms with van der Waals surface area (Å²) < 4.78 is 0. The number of carbonyl (C=O) groups is 2. The van der Waals surface area contributed by atoms with E-state index in [0.717, 1.165) is 0 Å². The van der Waals surface area contributed by atoms with Gasteiger partial charge in [0.2, 0.25) is 5.91 Å². The predicted octanol–water partition coefficient (Wildman–Crippen LogP) is 0.508. The van der Waals surface area contributed by atoms with Crippen LogP contribution in [0.4, 0.5) is 0 Å². The first-order chi connectivity index (χ1) is 8.65. The fourth-order valence-corrected chi connectivity index (χ4v) is 2.43. The first-order valence-electron chi connectivity index (χ1n) is 5.94. The molecule has 2 amide bonds. The molecule has 2 rings (SSSR count). The molecule has 0 atom stereocenters. The van der Waals surface area contributed by atoms with Crippen molar-refractivity contribution in [3.8, 4) is 0 Å². The standard InChI is InChI=1S/C12H16N2O3S/c15-9-6-8(7-9)14-11(16)3-4-13-12(17)10-2-1-5-18-10/h1-2,5,8-9,15H,3-4,6-7H2,(H,13,17)(H,14,16). The van der Waals surface area contributed by atoms with E-state index in [-0.39, 0.29) is 30.4 Å². The molecule has 6 heteroatoms. The van der Waals surface area contributed by atoms with Crippen LogP contribution in [-0.2, 0) is 4.79 Å². The zero-order valence-electron chi connectivity index (χ0n) is 9.89. The number of aliphatic hydroxyl groups is 1. The van der Waals surface area contributed by atoms with Gasteiger partial charge in [0.25, 0.3) is 5.91 Å². The number of thiophene rings is 1. The van der Waals surface area contributed by atoms with E-state index in [1.165, 1.54) is 11.3 Å².